The highest BCUT2D eigenvalue weighted by Crippen LogP contribution is 2.32. The van der Waals surface area contributed by atoms with Gasteiger partial charge in [-0.1, -0.05) is 42.5 Å². The summed E-state index contributed by atoms with van der Waals surface area (Å²) < 4.78 is 39.5. The zero-order chi connectivity index (χ0) is 24.6. The Hall–Kier alpha value is -3.94. The van der Waals surface area contributed by atoms with E-state index in [0.717, 1.165) is 22.9 Å². The van der Waals surface area contributed by atoms with Crippen molar-refractivity contribution in [2.24, 2.45) is 0 Å². The Morgan fingerprint density at radius 1 is 0.829 bits per heavy atom. The van der Waals surface area contributed by atoms with Crippen molar-refractivity contribution in [2.45, 2.75) is 13.1 Å². The standard InChI is InChI=1S/C27H23F3N4O/c1-18-15-24(32-25(31-18)21-7-4-8-23(17-21)27(28,29)30)33-11-13-34(14-12-33)26(35)22-10-9-19-5-2-3-6-20(19)16-22/h2-10,15-17H,11-14H2,1H3. The number of rotatable bonds is 3. The second kappa shape index (κ2) is 9.02. The number of aryl methyl sites for hydroxylation is 1. The highest BCUT2D eigenvalue weighted by Gasteiger charge is 2.31. The minimum absolute atomic E-state index is 0.0149. The van der Waals surface area contributed by atoms with Crippen LogP contribution in [0.5, 0.6) is 0 Å². The van der Waals surface area contributed by atoms with Crippen molar-refractivity contribution in [1.29, 1.82) is 0 Å². The summed E-state index contributed by atoms with van der Waals surface area (Å²) in [6.07, 6.45) is -4.43. The van der Waals surface area contributed by atoms with Gasteiger partial charge in [0.15, 0.2) is 5.82 Å². The van der Waals surface area contributed by atoms with E-state index in [0.29, 0.717) is 48.8 Å². The molecule has 0 N–H and O–H groups in total. The molecule has 3 aromatic carbocycles. The van der Waals surface area contributed by atoms with Crippen LogP contribution in [-0.2, 0) is 6.18 Å². The molecule has 1 aliphatic heterocycles. The van der Waals surface area contributed by atoms with Gasteiger partial charge in [-0.25, -0.2) is 9.97 Å². The lowest BCUT2D eigenvalue weighted by molar-refractivity contribution is -0.137. The molecule has 1 amide bonds. The molecule has 0 bridgehead atoms. The lowest BCUT2D eigenvalue weighted by atomic mass is 10.1. The first kappa shape index (κ1) is 22.8. The average molecular weight is 477 g/mol. The molecule has 0 unspecified atom stereocenters. The minimum Gasteiger partial charge on any atom is -0.353 e. The minimum atomic E-state index is -4.43. The number of hydrogen-bond acceptors (Lipinski definition) is 4. The number of benzene rings is 3. The van der Waals surface area contributed by atoms with Gasteiger partial charge >= 0.3 is 6.18 Å². The van der Waals surface area contributed by atoms with Crippen LogP contribution in [0.4, 0.5) is 19.0 Å². The molecule has 0 atom stereocenters. The van der Waals surface area contributed by atoms with Crippen molar-refractivity contribution in [1.82, 2.24) is 14.9 Å². The number of piperazine rings is 1. The van der Waals surface area contributed by atoms with Crippen LogP contribution in [0.25, 0.3) is 22.2 Å². The van der Waals surface area contributed by atoms with Crippen molar-refractivity contribution in [3.8, 4) is 11.4 Å². The number of carbonyl (C=O) groups excluding carboxylic acids is 1. The molecule has 0 saturated carbocycles. The van der Waals surface area contributed by atoms with Crippen LogP contribution in [0.2, 0.25) is 0 Å². The lowest BCUT2D eigenvalue weighted by Crippen LogP contribution is -2.49. The largest absolute Gasteiger partial charge is 0.416 e. The number of alkyl halides is 3. The van der Waals surface area contributed by atoms with Gasteiger partial charge in [0.2, 0.25) is 0 Å². The van der Waals surface area contributed by atoms with Crippen molar-refractivity contribution in [2.75, 3.05) is 31.1 Å². The summed E-state index contributed by atoms with van der Waals surface area (Å²) in [5.41, 5.74) is 0.899. The Bertz CT molecular complexity index is 1390. The molecule has 1 aliphatic rings. The number of halogens is 3. The fourth-order valence-corrected chi connectivity index (χ4v) is 4.32. The van der Waals surface area contributed by atoms with Crippen molar-refractivity contribution in [3.63, 3.8) is 0 Å². The number of hydrogen-bond donors (Lipinski definition) is 0. The summed E-state index contributed by atoms with van der Waals surface area (Å²) in [6.45, 7) is 3.97. The third-order valence-electron chi connectivity index (χ3n) is 6.18. The molecule has 5 rings (SSSR count). The molecular formula is C27H23F3N4O. The van der Waals surface area contributed by atoms with Crippen LogP contribution in [0.3, 0.4) is 0 Å². The topological polar surface area (TPSA) is 49.3 Å². The Balaban J connectivity index is 1.32. The van der Waals surface area contributed by atoms with Gasteiger partial charge in [-0.15, -0.1) is 0 Å². The Kier molecular flexibility index (Phi) is 5.88. The van der Waals surface area contributed by atoms with E-state index in [2.05, 4.69) is 9.97 Å². The zero-order valence-electron chi connectivity index (χ0n) is 19.1. The van der Waals surface area contributed by atoms with Gasteiger partial charge in [-0.2, -0.15) is 13.2 Å². The molecule has 178 valence electrons. The van der Waals surface area contributed by atoms with Gasteiger partial charge in [0.05, 0.1) is 5.56 Å². The molecular weight excluding hydrogens is 453 g/mol. The summed E-state index contributed by atoms with van der Waals surface area (Å²) in [5.74, 6) is 0.877. The highest BCUT2D eigenvalue weighted by atomic mass is 19.4. The summed E-state index contributed by atoms with van der Waals surface area (Å²) in [5, 5.41) is 2.11. The maximum Gasteiger partial charge on any atom is 0.416 e. The number of nitrogens with zero attached hydrogens (tertiary/aromatic N) is 4. The molecule has 4 aromatic rings. The average Bonchev–Trinajstić information content (AvgIpc) is 2.87. The van der Waals surface area contributed by atoms with Crippen molar-refractivity contribution >= 4 is 22.5 Å². The Morgan fingerprint density at radius 2 is 1.57 bits per heavy atom. The molecule has 0 spiro atoms. The number of aromatic nitrogens is 2. The highest BCUT2D eigenvalue weighted by molar-refractivity contribution is 5.98. The quantitative estimate of drug-likeness (QED) is 0.387. The number of fused-ring (bicyclic) bond motifs is 1. The first-order chi connectivity index (χ1) is 16.8. The Morgan fingerprint density at radius 3 is 2.31 bits per heavy atom. The molecule has 5 nitrogen and oxygen atoms in total. The van der Waals surface area contributed by atoms with Gasteiger partial charge in [0.25, 0.3) is 5.91 Å². The fraction of sp³-hybridized carbons (Fsp3) is 0.222. The molecule has 0 aliphatic carbocycles. The van der Waals surface area contributed by atoms with Gasteiger partial charge in [-0.3, -0.25) is 4.79 Å². The van der Waals surface area contributed by atoms with E-state index in [-0.39, 0.29) is 11.7 Å². The van der Waals surface area contributed by atoms with Crippen molar-refractivity contribution < 1.29 is 18.0 Å². The Labute approximate surface area is 200 Å². The normalized spacial score (nSPS) is 14.4. The molecule has 2 heterocycles. The predicted octanol–water partition coefficient (Wildman–Crippen LogP) is 5.59. The molecule has 0 radical (unpaired) electrons. The van der Waals surface area contributed by atoms with Crippen molar-refractivity contribution in [3.05, 3.63) is 89.6 Å². The van der Waals surface area contributed by atoms with Crippen LogP contribution >= 0.6 is 0 Å². The first-order valence-electron chi connectivity index (χ1n) is 11.3. The van der Waals surface area contributed by atoms with E-state index in [9.17, 15) is 18.0 Å². The third kappa shape index (κ3) is 4.82. The summed E-state index contributed by atoms with van der Waals surface area (Å²) in [6, 6.07) is 20.5. The van der Waals surface area contributed by atoms with Gasteiger partial charge in [-0.05, 0) is 42.0 Å². The predicted molar refractivity (Wildman–Crippen MR) is 129 cm³/mol. The molecule has 35 heavy (non-hydrogen) atoms. The maximum absolute atomic E-state index is 13.2. The van der Waals surface area contributed by atoms with E-state index in [1.807, 2.05) is 58.3 Å². The van der Waals surface area contributed by atoms with E-state index >= 15 is 0 Å². The second-order valence-electron chi connectivity index (χ2n) is 8.61. The van der Waals surface area contributed by atoms with E-state index in [4.69, 9.17) is 0 Å². The van der Waals surface area contributed by atoms with Crippen LogP contribution in [0, 0.1) is 6.92 Å². The van der Waals surface area contributed by atoms with Gasteiger partial charge in [0.1, 0.15) is 5.82 Å². The molecule has 8 heteroatoms. The van der Waals surface area contributed by atoms with Crippen LogP contribution in [0.1, 0.15) is 21.6 Å². The van der Waals surface area contributed by atoms with E-state index in [1.165, 1.54) is 6.07 Å². The maximum atomic E-state index is 13.2. The van der Waals surface area contributed by atoms with Crippen LogP contribution in [0.15, 0.2) is 72.8 Å². The fourth-order valence-electron chi connectivity index (χ4n) is 4.32. The summed E-state index contributed by atoms with van der Waals surface area (Å²) in [7, 11) is 0. The SMILES string of the molecule is Cc1cc(N2CCN(C(=O)c3ccc4ccccc4c3)CC2)nc(-c2cccc(C(F)(F)F)c2)n1. The summed E-state index contributed by atoms with van der Waals surface area (Å²) in [4.78, 5) is 25.9. The number of carbonyl (C=O) groups is 1. The monoisotopic (exact) mass is 476 g/mol. The number of anilines is 1. The number of amides is 1. The molecule has 1 aromatic heterocycles. The third-order valence-corrected chi connectivity index (χ3v) is 6.18. The van der Waals surface area contributed by atoms with Crippen LogP contribution in [-0.4, -0.2) is 47.0 Å². The molecule has 1 saturated heterocycles. The lowest BCUT2D eigenvalue weighted by Gasteiger charge is -2.35. The second-order valence-corrected chi connectivity index (χ2v) is 8.61. The smallest absolute Gasteiger partial charge is 0.353 e. The van der Waals surface area contributed by atoms with E-state index in [1.54, 1.807) is 13.0 Å². The first-order valence-corrected chi connectivity index (χ1v) is 11.3. The molecule has 1 fully saturated rings. The van der Waals surface area contributed by atoms with Crippen LogP contribution < -0.4 is 4.90 Å². The van der Waals surface area contributed by atoms with Gasteiger partial charge < -0.3 is 9.80 Å². The zero-order valence-corrected chi connectivity index (χ0v) is 19.1. The van der Waals surface area contributed by atoms with E-state index < -0.39 is 11.7 Å². The van der Waals surface area contributed by atoms with Gasteiger partial charge in [0, 0.05) is 49.1 Å². The summed E-state index contributed by atoms with van der Waals surface area (Å²) >= 11 is 0.